The molecule has 0 aromatic heterocycles. The standard InChI is InChI=1S/C30H37N3O6S/c1-6-28(30(35)31-22(2)3)32(20-23-11-10-14-27(19-23)38-4)29(34)21-33(40(5,36)37)24-15-17-26(18-16-24)39-25-12-8-7-9-13-25/h7-19,22,28H,6,20-21H2,1-5H3,(H,31,35). The fourth-order valence-corrected chi connectivity index (χ4v) is 5.04. The Morgan fingerprint density at radius 3 is 2.10 bits per heavy atom. The zero-order valence-electron chi connectivity index (χ0n) is 23.5. The van der Waals surface area contributed by atoms with Gasteiger partial charge < -0.3 is 19.7 Å². The lowest BCUT2D eigenvalue weighted by Crippen LogP contribution is -2.53. The van der Waals surface area contributed by atoms with Gasteiger partial charge in [-0.1, -0.05) is 37.3 Å². The number of sulfonamides is 1. The normalized spacial score (nSPS) is 11.9. The van der Waals surface area contributed by atoms with Gasteiger partial charge in [-0.15, -0.1) is 0 Å². The number of methoxy groups -OCH3 is 1. The quantitative estimate of drug-likeness (QED) is 0.324. The number of hydrogen-bond donors (Lipinski definition) is 1. The van der Waals surface area contributed by atoms with Gasteiger partial charge in [0.15, 0.2) is 0 Å². The van der Waals surface area contributed by atoms with Crippen LogP contribution >= 0.6 is 0 Å². The minimum Gasteiger partial charge on any atom is -0.497 e. The van der Waals surface area contributed by atoms with E-state index in [9.17, 15) is 18.0 Å². The maximum Gasteiger partial charge on any atom is 0.244 e. The van der Waals surface area contributed by atoms with Crippen LogP contribution in [0, 0.1) is 0 Å². The molecule has 0 aliphatic heterocycles. The molecule has 0 bridgehead atoms. The second-order valence-electron chi connectivity index (χ2n) is 9.64. The zero-order valence-corrected chi connectivity index (χ0v) is 24.4. The van der Waals surface area contributed by atoms with Crippen molar-refractivity contribution in [3.05, 3.63) is 84.4 Å². The van der Waals surface area contributed by atoms with Crippen LogP contribution in [0.15, 0.2) is 78.9 Å². The minimum atomic E-state index is -3.85. The van der Waals surface area contributed by atoms with Crippen LogP contribution in [0.4, 0.5) is 5.69 Å². The Balaban J connectivity index is 1.90. The molecule has 3 aromatic rings. The van der Waals surface area contributed by atoms with E-state index >= 15 is 0 Å². The van der Waals surface area contributed by atoms with Gasteiger partial charge in [-0.3, -0.25) is 13.9 Å². The number of nitrogens with zero attached hydrogens (tertiary/aromatic N) is 2. The molecule has 0 aliphatic rings. The largest absolute Gasteiger partial charge is 0.497 e. The van der Waals surface area contributed by atoms with Crippen LogP contribution in [0.2, 0.25) is 0 Å². The Hall–Kier alpha value is -4.05. The van der Waals surface area contributed by atoms with Crippen LogP contribution < -0.4 is 19.1 Å². The summed E-state index contributed by atoms with van der Waals surface area (Å²) in [6.07, 6.45) is 1.39. The first-order valence-corrected chi connectivity index (χ1v) is 14.9. The molecule has 2 amide bonds. The predicted molar refractivity (Wildman–Crippen MR) is 156 cm³/mol. The third-order valence-corrected chi connectivity index (χ3v) is 7.23. The number of anilines is 1. The summed E-state index contributed by atoms with van der Waals surface area (Å²) >= 11 is 0. The molecule has 0 radical (unpaired) electrons. The molecule has 3 aromatic carbocycles. The Morgan fingerprint density at radius 1 is 0.900 bits per heavy atom. The zero-order chi connectivity index (χ0) is 29.3. The summed E-state index contributed by atoms with van der Waals surface area (Å²) in [5.74, 6) is 0.959. The van der Waals surface area contributed by atoms with Gasteiger partial charge >= 0.3 is 0 Å². The maximum atomic E-state index is 13.8. The summed E-state index contributed by atoms with van der Waals surface area (Å²) in [5.41, 5.74) is 1.05. The summed E-state index contributed by atoms with van der Waals surface area (Å²) in [5, 5.41) is 2.88. The van der Waals surface area contributed by atoms with Crippen LogP contribution in [-0.4, -0.2) is 57.1 Å². The molecule has 1 unspecified atom stereocenters. The van der Waals surface area contributed by atoms with E-state index in [4.69, 9.17) is 9.47 Å². The van der Waals surface area contributed by atoms with Gasteiger partial charge in [0.25, 0.3) is 0 Å². The SMILES string of the molecule is CCC(C(=O)NC(C)C)N(Cc1cccc(OC)c1)C(=O)CN(c1ccc(Oc2ccccc2)cc1)S(C)(=O)=O. The highest BCUT2D eigenvalue weighted by molar-refractivity contribution is 7.92. The molecule has 0 aliphatic carbocycles. The van der Waals surface area contributed by atoms with Crippen LogP contribution in [0.25, 0.3) is 0 Å². The van der Waals surface area contributed by atoms with E-state index < -0.39 is 28.5 Å². The molecule has 0 saturated heterocycles. The molecule has 0 fully saturated rings. The fourth-order valence-electron chi connectivity index (χ4n) is 4.19. The number of carbonyl (C=O) groups excluding carboxylic acids is 2. The van der Waals surface area contributed by atoms with E-state index in [1.54, 1.807) is 49.6 Å². The minimum absolute atomic E-state index is 0.0987. The van der Waals surface area contributed by atoms with Crippen molar-refractivity contribution in [3.8, 4) is 17.2 Å². The number of amides is 2. The number of nitrogens with one attached hydrogen (secondary N) is 1. The lowest BCUT2D eigenvalue weighted by atomic mass is 10.1. The number of para-hydroxylation sites is 1. The number of ether oxygens (including phenoxy) is 2. The summed E-state index contributed by atoms with van der Waals surface area (Å²) in [6.45, 7) is 5.12. The highest BCUT2D eigenvalue weighted by Gasteiger charge is 2.32. The average Bonchev–Trinajstić information content (AvgIpc) is 2.91. The van der Waals surface area contributed by atoms with E-state index in [1.807, 2.05) is 57.2 Å². The lowest BCUT2D eigenvalue weighted by molar-refractivity contribution is -0.140. The third-order valence-electron chi connectivity index (χ3n) is 6.09. The van der Waals surface area contributed by atoms with Crippen molar-refractivity contribution in [1.29, 1.82) is 0 Å². The van der Waals surface area contributed by atoms with Crippen LogP contribution in [-0.2, 0) is 26.2 Å². The molecular formula is C30H37N3O6S. The lowest BCUT2D eigenvalue weighted by Gasteiger charge is -2.33. The molecule has 1 N–H and O–H groups in total. The first kappa shape index (κ1) is 30.5. The molecule has 214 valence electrons. The molecular weight excluding hydrogens is 530 g/mol. The highest BCUT2D eigenvalue weighted by atomic mass is 32.2. The topological polar surface area (TPSA) is 105 Å². The Labute approximate surface area is 236 Å². The van der Waals surface area contributed by atoms with Crippen molar-refractivity contribution in [3.63, 3.8) is 0 Å². The molecule has 1 atom stereocenters. The molecule has 0 heterocycles. The van der Waals surface area contributed by atoms with Crippen molar-refractivity contribution >= 4 is 27.5 Å². The van der Waals surface area contributed by atoms with Gasteiger partial charge in [-0.2, -0.15) is 0 Å². The Kier molecular flexibility index (Phi) is 10.6. The van der Waals surface area contributed by atoms with Crippen molar-refractivity contribution in [1.82, 2.24) is 10.2 Å². The smallest absolute Gasteiger partial charge is 0.244 e. The molecule has 10 heteroatoms. The van der Waals surface area contributed by atoms with E-state index in [0.29, 0.717) is 29.4 Å². The van der Waals surface area contributed by atoms with Crippen LogP contribution in [0.3, 0.4) is 0 Å². The Morgan fingerprint density at radius 2 is 1.52 bits per heavy atom. The average molecular weight is 568 g/mol. The van der Waals surface area contributed by atoms with Gasteiger partial charge in [0.05, 0.1) is 19.1 Å². The third kappa shape index (κ3) is 8.47. The second kappa shape index (κ2) is 13.8. The van der Waals surface area contributed by atoms with Crippen molar-refractivity contribution in [2.45, 2.75) is 45.8 Å². The summed E-state index contributed by atoms with van der Waals surface area (Å²) in [4.78, 5) is 28.4. The van der Waals surface area contributed by atoms with Gasteiger partial charge in [0.1, 0.15) is 29.8 Å². The molecule has 0 saturated carbocycles. The molecule has 9 nitrogen and oxygen atoms in total. The van der Waals surface area contributed by atoms with Gasteiger partial charge in [0, 0.05) is 12.6 Å². The van der Waals surface area contributed by atoms with Crippen LogP contribution in [0.5, 0.6) is 17.2 Å². The first-order valence-electron chi connectivity index (χ1n) is 13.0. The first-order chi connectivity index (χ1) is 19.0. The Bertz CT molecular complexity index is 1380. The molecule has 0 spiro atoms. The summed E-state index contributed by atoms with van der Waals surface area (Å²) < 4.78 is 37.9. The van der Waals surface area contributed by atoms with E-state index in [2.05, 4.69) is 5.32 Å². The number of rotatable bonds is 13. The second-order valence-corrected chi connectivity index (χ2v) is 11.5. The summed E-state index contributed by atoms with van der Waals surface area (Å²) in [6, 6.07) is 21.9. The number of benzene rings is 3. The number of hydrogen-bond acceptors (Lipinski definition) is 6. The fraction of sp³-hybridized carbons (Fsp3) is 0.333. The van der Waals surface area contributed by atoms with Gasteiger partial charge in [-0.25, -0.2) is 8.42 Å². The van der Waals surface area contributed by atoms with Crippen molar-refractivity contribution < 1.29 is 27.5 Å². The summed E-state index contributed by atoms with van der Waals surface area (Å²) in [7, 11) is -2.30. The number of carbonyl (C=O) groups is 2. The maximum absolute atomic E-state index is 13.8. The van der Waals surface area contributed by atoms with Gasteiger partial charge in [-0.05, 0) is 74.4 Å². The molecule has 3 rings (SSSR count). The monoisotopic (exact) mass is 567 g/mol. The van der Waals surface area contributed by atoms with E-state index in [-0.39, 0.29) is 18.5 Å². The highest BCUT2D eigenvalue weighted by Crippen LogP contribution is 2.26. The van der Waals surface area contributed by atoms with Gasteiger partial charge in [0.2, 0.25) is 21.8 Å². The van der Waals surface area contributed by atoms with E-state index in [0.717, 1.165) is 16.1 Å². The van der Waals surface area contributed by atoms with E-state index in [1.165, 1.54) is 4.90 Å². The van der Waals surface area contributed by atoms with Crippen molar-refractivity contribution in [2.75, 3.05) is 24.2 Å². The molecule has 40 heavy (non-hydrogen) atoms. The van der Waals surface area contributed by atoms with Crippen LogP contribution in [0.1, 0.15) is 32.8 Å². The van der Waals surface area contributed by atoms with Crippen molar-refractivity contribution in [2.24, 2.45) is 0 Å². The predicted octanol–water partition coefficient (Wildman–Crippen LogP) is 4.59.